The molecule has 1 atom stereocenters. The number of rotatable bonds is 7. The quantitative estimate of drug-likeness (QED) is 0.548. The highest BCUT2D eigenvalue weighted by Gasteiger charge is 2.17. The van der Waals surface area contributed by atoms with Crippen molar-refractivity contribution in [2.45, 2.75) is 27.2 Å². The summed E-state index contributed by atoms with van der Waals surface area (Å²) in [6, 6.07) is 0. The lowest BCUT2D eigenvalue weighted by Gasteiger charge is -2.24. The molecular weight excluding hydrogens is 180 g/mol. The van der Waals surface area contributed by atoms with Gasteiger partial charge in [0, 0.05) is 25.6 Å². The SMILES string of the molecule is CC(CNCC(C)(C)CCO)C(N)=O. The fraction of sp³-hybridized carbons (Fsp3) is 0.900. The first-order valence-electron chi connectivity index (χ1n) is 5.00. The van der Waals surface area contributed by atoms with Crippen molar-refractivity contribution in [2.24, 2.45) is 17.1 Å². The molecule has 0 spiro atoms. The molecule has 1 unspecified atom stereocenters. The summed E-state index contributed by atoms with van der Waals surface area (Å²) in [5.41, 5.74) is 5.19. The van der Waals surface area contributed by atoms with E-state index in [1.165, 1.54) is 0 Å². The standard InChI is InChI=1S/C10H22N2O2/c1-8(9(11)14)6-12-7-10(2,3)4-5-13/h8,12-13H,4-7H2,1-3H3,(H2,11,14). The molecule has 0 aromatic heterocycles. The average molecular weight is 202 g/mol. The van der Waals surface area contributed by atoms with Crippen molar-refractivity contribution in [3.63, 3.8) is 0 Å². The molecule has 84 valence electrons. The fourth-order valence-corrected chi connectivity index (χ4v) is 1.12. The molecule has 0 rings (SSSR count). The molecule has 14 heavy (non-hydrogen) atoms. The molecule has 0 aliphatic carbocycles. The zero-order chi connectivity index (χ0) is 11.2. The largest absolute Gasteiger partial charge is 0.396 e. The minimum Gasteiger partial charge on any atom is -0.396 e. The number of amides is 1. The Hall–Kier alpha value is -0.610. The molecule has 1 amide bonds. The summed E-state index contributed by atoms with van der Waals surface area (Å²) in [7, 11) is 0. The van der Waals surface area contributed by atoms with Gasteiger partial charge in [-0.3, -0.25) is 4.79 Å². The van der Waals surface area contributed by atoms with Crippen molar-refractivity contribution >= 4 is 5.91 Å². The highest BCUT2D eigenvalue weighted by molar-refractivity contribution is 5.76. The van der Waals surface area contributed by atoms with Gasteiger partial charge in [0.2, 0.25) is 5.91 Å². The molecule has 4 heteroatoms. The lowest BCUT2D eigenvalue weighted by atomic mass is 9.89. The second kappa shape index (κ2) is 5.98. The first kappa shape index (κ1) is 13.4. The van der Waals surface area contributed by atoms with Crippen LogP contribution in [0.4, 0.5) is 0 Å². The van der Waals surface area contributed by atoms with Gasteiger partial charge in [0.05, 0.1) is 0 Å². The summed E-state index contributed by atoms with van der Waals surface area (Å²) in [6.07, 6.45) is 0.755. The summed E-state index contributed by atoms with van der Waals surface area (Å²) < 4.78 is 0. The first-order valence-corrected chi connectivity index (χ1v) is 5.00. The topological polar surface area (TPSA) is 75.3 Å². The van der Waals surface area contributed by atoms with Crippen LogP contribution in [-0.2, 0) is 4.79 Å². The third-order valence-electron chi connectivity index (χ3n) is 2.33. The van der Waals surface area contributed by atoms with E-state index in [0.717, 1.165) is 13.0 Å². The van der Waals surface area contributed by atoms with E-state index in [9.17, 15) is 4.79 Å². The van der Waals surface area contributed by atoms with Gasteiger partial charge in [-0.15, -0.1) is 0 Å². The number of aliphatic hydroxyl groups excluding tert-OH is 1. The molecule has 0 fully saturated rings. The van der Waals surface area contributed by atoms with Gasteiger partial charge in [0.25, 0.3) is 0 Å². The third kappa shape index (κ3) is 5.94. The highest BCUT2D eigenvalue weighted by atomic mass is 16.3. The van der Waals surface area contributed by atoms with E-state index in [4.69, 9.17) is 10.8 Å². The fourth-order valence-electron chi connectivity index (χ4n) is 1.12. The van der Waals surface area contributed by atoms with Gasteiger partial charge in [-0.25, -0.2) is 0 Å². The van der Waals surface area contributed by atoms with Crippen molar-refractivity contribution in [1.29, 1.82) is 0 Å². The maximum absolute atomic E-state index is 10.7. The molecule has 0 radical (unpaired) electrons. The number of carbonyl (C=O) groups excluding carboxylic acids is 1. The lowest BCUT2D eigenvalue weighted by molar-refractivity contribution is -0.121. The van der Waals surface area contributed by atoms with Crippen molar-refractivity contribution < 1.29 is 9.90 Å². The molecule has 0 heterocycles. The van der Waals surface area contributed by atoms with Crippen molar-refractivity contribution in [1.82, 2.24) is 5.32 Å². The summed E-state index contributed by atoms with van der Waals surface area (Å²) in [4.78, 5) is 10.7. The minimum atomic E-state index is -0.280. The van der Waals surface area contributed by atoms with Crippen molar-refractivity contribution in [3.05, 3.63) is 0 Å². The van der Waals surface area contributed by atoms with Crippen LogP contribution in [0.1, 0.15) is 27.2 Å². The monoisotopic (exact) mass is 202 g/mol. The van der Waals surface area contributed by atoms with Crippen LogP contribution in [0.2, 0.25) is 0 Å². The molecule has 0 saturated carbocycles. The maximum atomic E-state index is 10.7. The smallest absolute Gasteiger partial charge is 0.221 e. The Labute approximate surface area is 85.9 Å². The number of hydrogen-bond acceptors (Lipinski definition) is 3. The Morgan fingerprint density at radius 3 is 2.57 bits per heavy atom. The molecule has 0 aliphatic heterocycles. The molecule has 0 aromatic carbocycles. The molecule has 0 aliphatic rings. The molecule has 4 N–H and O–H groups in total. The number of hydrogen-bond donors (Lipinski definition) is 3. The summed E-state index contributed by atoms with van der Waals surface area (Å²) in [6.45, 7) is 7.53. The average Bonchev–Trinajstić information content (AvgIpc) is 2.03. The van der Waals surface area contributed by atoms with E-state index in [1.54, 1.807) is 6.92 Å². The van der Waals surface area contributed by atoms with Crippen molar-refractivity contribution in [2.75, 3.05) is 19.7 Å². The van der Waals surface area contributed by atoms with Crippen LogP contribution in [0.25, 0.3) is 0 Å². The van der Waals surface area contributed by atoms with Crippen LogP contribution in [0.15, 0.2) is 0 Å². The van der Waals surface area contributed by atoms with Crippen LogP contribution in [0.5, 0.6) is 0 Å². The van der Waals surface area contributed by atoms with Gasteiger partial charge in [-0.1, -0.05) is 20.8 Å². The van der Waals surface area contributed by atoms with Crippen LogP contribution in [0, 0.1) is 11.3 Å². The Kier molecular flexibility index (Phi) is 5.72. The number of carbonyl (C=O) groups is 1. The van der Waals surface area contributed by atoms with E-state index in [2.05, 4.69) is 19.2 Å². The van der Waals surface area contributed by atoms with Gasteiger partial charge in [-0.05, 0) is 11.8 Å². The second-order valence-corrected chi connectivity index (χ2v) is 4.57. The maximum Gasteiger partial charge on any atom is 0.221 e. The zero-order valence-electron chi connectivity index (χ0n) is 9.34. The summed E-state index contributed by atoms with van der Waals surface area (Å²) in [5, 5.41) is 12.0. The summed E-state index contributed by atoms with van der Waals surface area (Å²) in [5.74, 6) is -0.419. The number of aliphatic hydroxyl groups is 1. The predicted octanol–water partition coefficient (Wildman–Crippen LogP) is 0.106. The van der Waals surface area contributed by atoms with Gasteiger partial charge in [-0.2, -0.15) is 0 Å². The van der Waals surface area contributed by atoms with Gasteiger partial charge < -0.3 is 16.2 Å². The molecule has 4 nitrogen and oxygen atoms in total. The third-order valence-corrected chi connectivity index (χ3v) is 2.33. The van der Waals surface area contributed by atoms with Crippen LogP contribution in [0.3, 0.4) is 0 Å². The Morgan fingerprint density at radius 2 is 2.14 bits per heavy atom. The molecular formula is C10H22N2O2. The van der Waals surface area contributed by atoms with Gasteiger partial charge >= 0.3 is 0 Å². The highest BCUT2D eigenvalue weighted by Crippen LogP contribution is 2.17. The number of nitrogens with one attached hydrogen (secondary N) is 1. The van der Waals surface area contributed by atoms with Crippen LogP contribution in [-0.4, -0.2) is 30.7 Å². The van der Waals surface area contributed by atoms with Gasteiger partial charge in [0.15, 0.2) is 0 Å². The zero-order valence-corrected chi connectivity index (χ0v) is 9.34. The first-order chi connectivity index (χ1) is 6.39. The van der Waals surface area contributed by atoms with E-state index in [1.807, 2.05) is 0 Å². The molecule has 0 aromatic rings. The number of nitrogens with two attached hydrogens (primary N) is 1. The Morgan fingerprint density at radius 1 is 1.57 bits per heavy atom. The second-order valence-electron chi connectivity index (χ2n) is 4.57. The minimum absolute atomic E-state index is 0.0616. The Bertz CT molecular complexity index is 181. The predicted molar refractivity (Wildman–Crippen MR) is 56.7 cm³/mol. The number of primary amides is 1. The molecule has 0 saturated heterocycles. The lowest BCUT2D eigenvalue weighted by Crippen LogP contribution is -2.36. The summed E-state index contributed by atoms with van der Waals surface area (Å²) >= 11 is 0. The van der Waals surface area contributed by atoms with Crippen molar-refractivity contribution in [3.8, 4) is 0 Å². The van der Waals surface area contributed by atoms with Crippen LogP contribution < -0.4 is 11.1 Å². The normalized spacial score (nSPS) is 14.0. The molecule has 0 bridgehead atoms. The van der Waals surface area contributed by atoms with Gasteiger partial charge in [0.1, 0.15) is 0 Å². The van der Waals surface area contributed by atoms with E-state index in [-0.39, 0.29) is 23.8 Å². The van der Waals surface area contributed by atoms with E-state index < -0.39 is 0 Å². The Balaban J connectivity index is 3.67. The van der Waals surface area contributed by atoms with E-state index in [0.29, 0.717) is 6.54 Å². The van der Waals surface area contributed by atoms with E-state index >= 15 is 0 Å². The van der Waals surface area contributed by atoms with Crippen LogP contribution >= 0.6 is 0 Å².